The second kappa shape index (κ2) is 8.36. The van der Waals surface area contributed by atoms with E-state index in [1.165, 1.54) is 18.2 Å². The Bertz CT molecular complexity index is 732. The number of carbonyl (C=O) groups excluding carboxylic acids is 1. The van der Waals surface area contributed by atoms with E-state index >= 15 is 0 Å². The molecule has 1 amide bonds. The first-order valence-corrected chi connectivity index (χ1v) is 7.68. The Morgan fingerprint density at radius 3 is 2.50 bits per heavy atom. The van der Waals surface area contributed by atoms with Gasteiger partial charge in [0, 0.05) is 11.4 Å². The molecule has 24 heavy (non-hydrogen) atoms. The van der Waals surface area contributed by atoms with Crippen LogP contribution in [-0.4, -0.2) is 19.1 Å². The van der Waals surface area contributed by atoms with Crippen LogP contribution in [0.2, 0.25) is 5.02 Å². The van der Waals surface area contributed by atoms with E-state index in [0.717, 1.165) is 5.57 Å². The molecule has 0 spiro atoms. The first kappa shape index (κ1) is 17.8. The standard InChI is InChI=1S/C18H18ClFN2O2/c1-12(2)11-24-15-6-3-13(4-7-15)22-18(23)10-21-14-5-8-17(20)16(19)9-14/h3-9,21H,1,10-11H2,2H3,(H,22,23). The van der Waals surface area contributed by atoms with Crippen LogP contribution in [0.15, 0.2) is 54.6 Å². The van der Waals surface area contributed by atoms with Gasteiger partial charge in [-0.1, -0.05) is 18.2 Å². The predicted molar refractivity (Wildman–Crippen MR) is 95.3 cm³/mol. The molecule has 2 rings (SSSR count). The van der Waals surface area contributed by atoms with Crippen molar-refractivity contribution in [1.29, 1.82) is 0 Å². The second-order valence-electron chi connectivity index (χ2n) is 5.30. The van der Waals surface area contributed by atoms with E-state index in [2.05, 4.69) is 17.2 Å². The molecule has 2 aromatic carbocycles. The highest BCUT2D eigenvalue weighted by molar-refractivity contribution is 6.31. The summed E-state index contributed by atoms with van der Waals surface area (Å²) in [5, 5.41) is 5.63. The van der Waals surface area contributed by atoms with Crippen LogP contribution in [-0.2, 0) is 4.79 Å². The predicted octanol–water partition coefficient (Wildman–Crippen LogP) is 4.48. The van der Waals surface area contributed by atoms with Gasteiger partial charge in [0.15, 0.2) is 0 Å². The van der Waals surface area contributed by atoms with Gasteiger partial charge in [0.05, 0.1) is 11.6 Å². The highest BCUT2D eigenvalue weighted by Gasteiger charge is 2.05. The highest BCUT2D eigenvalue weighted by Crippen LogP contribution is 2.19. The maximum Gasteiger partial charge on any atom is 0.243 e. The van der Waals surface area contributed by atoms with Gasteiger partial charge in [-0.05, 0) is 55.0 Å². The SMILES string of the molecule is C=C(C)COc1ccc(NC(=O)CNc2ccc(F)c(Cl)c2)cc1. The third-order valence-electron chi connectivity index (χ3n) is 3.00. The molecule has 2 aromatic rings. The molecule has 0 aliphatic heterocycles. The summed E-state index contributed by atoms with van der Waals surface area (Å²) in [6.07, 6.45) is 0. The largest absolute Gasteiger partial charge is 0.489 e. The van der Waals surface area contributed by atoms with Crippen molar-refractivity contribution in [3.8, 4) is 5.75 Å². The maximum absolute atomic E-state index is 13.1. The van der Waals surface area contributed by atoms with Gasteiger partial charge >= 0.3 is 0 Å². The zero-order chi connectivity index (χ0) is 17.5. The summed E-state index contributed by atoms with van der Waals surface area (Å²) in [6, 6.07) is 11.2. The van der Waals surface area contributed by atoms with Crippen LogP contribution in [0.3, 0.4) is 0 Å². The molecule has 0 aliphatic carbocycles. The molecule has 126 valence electrons. The summed E-state index contributed by atoms with van der Waals surface area (Å²) in [5.74, 6) is -0.0262. The minimum absolute atomic E-state index is 0.00533. The van der Waals surface area contributed by atoms with Gasteiger partial charge in [-0.15, -0.1) is 0 Å². The van der Waals surface area contributed by atoms with Gasteiger partial charge in [0.2, 0.25) is 5.91 Å². The Labute approximate surface area is 145 Å². The van der Waals surface area contributed by atoms with E-state index < -0.39 is 5.82 Å². The molecule has 2 N–H and O–H groups in total. The van der Waals surface area contributed by atoms with E-state index in [0.29, 0.717) is 23.7 Å². The Morgan fingerprint density at radius 1 is 1.21 bits per heavy atom. The van der Waals surface area contributed by atoms with Crippen molar-refractivity contribution in [3.05, 3.63) is 65.5 Å². The van der Waals surface area contributed by atoms with Crippen LogP contribution >= 0.6 is 11.6 Å². The summed E-state index contributed by atoms with van der Waals surface area (Å²) in [4.78, 5) is 11.9. The summed E-state index contributed by atoms with van der Waals surface area (Å²) < 4.78 is 18.5. The number of rotatable bonds is 7. The lowest BCUT2D eigenvalue weighted by molar-refractivity contribution is -0.114. The van der Waals surface area contributed by atoms with Gasteiger partial charge in [0.1, 0.15) is 18.2 Å². The van der Waals surface area contributed by atoms with Crippen molar-refractivity contribution < 1.29 is 13.9 Å². The van der Waals surface area contributed by atoms with E-state index in [1.807, 2.05) is 6.92 Å². The normalized spacial score (nSPS) is 10.1. The number of halogens is 2. The molecule has 0 radical (unpaired) electrons. The summed E-state index contributed by atoms with van der Waals surface area (Å²) >= 11 is 5.69. The molecule has 0 aliphatic rings. The Morgan fingerprint density at radius 2 is 1.88 bits per heavy atom. The number of ether oxygens (including phenoxy) is 1. The number of benzene rings is 2. The molecular formula is C18H18ClFN2O2. The van der Waals surface area contributed by atoms with Gasteiger partial charge in [-0.2, -0.15) is 0 Å². The lowest BCUT2D eigenvalue weighted by atomic mass is 10.3. The number of carbonyl (C=O) groups is 1. The monoisotopic (exact) mass is 348 g/mol. The molecule has 0 saturated carbocycles. The lowest BCUT2D eigenvalue weighted by Gasteiger charge is -2.10. The summed E-state index contributed by atoms with van der Waals surface area (Å²) in [6.45, 7) is 6.14. The first-order valence-electron chi connectivity index (χ1n) is 7.30. The van der Waals surface area contributed by atoms with Crippen molar-refractivity contribution in [1.82, 2.24) is 0 Å². The fourth-order valence-corrected chi connectivity index (χ4v) is 2.02. The summed E-state index contributed by atoms with van der Waals surface area (Å²) in [7, 11) is 0. The Kier molecular flexibility index (Phi) is 6.21. The average molecular weight is 349 g/mol. The topological polar surface area (TPSA) is 50.4 Å². The summed E-state index contributed by atoms with van der Waals surface area (Å²) in [5.41, 5.74) is 2.15. The smallest absolute Gasteiger partial charge is 0.243 e. The molecule has 6 heteroatoms. The first-order chi connectivity index (χ1) is 11.4. The van der Waals surface area contributed by atoms with E-state index in [9.17, 15) is 9.18 Å². The van der Waals surface area contributed by atoms with Gasteiger partial charge in [0.25, 0.3) is 0 Å². The van der Waals surface area contributed by atoms with E-state index in [-0.39, 0.29) is 17.5 Å². The second-order valence-corrected chi connectivity index (χ2v) is 5.71. The van der Waals surface area contributed by atoms with Crippen LogP contribution in [0.4, 0.5) is 15.8 Å². The molecule has 0 heterocycles. The molecule has 0 atom stereocenters. The number of anilines is 2. The number of hydrogen-bond acceptors (Lipinski definition) is 3. The van der Waals surface area contributed by atoms with Crippen molar-refractivity contribution >= 4 is 28.9 Å². The molecule has 0 saturated heterocycles. The zero-order valence-electron chi connectivity index (χ0n) is 13.2. The van der Waals surface area contributed by atoms with Crippen molar-refractivity contribution in [2.75, 3.05) is 23.8 Å². The van der Waals surface area contributed by atoms with Crippen molar-refractivity contribution in [3.63, 3.8) is 0 Å². The van der Waals surface area contributed by atoms with E-state index in [1.54, 1.807) is 24.3 Å². The molecule has 4 nitrogen and oxygen atoms in total. The fourth-order valence-electron chi connectivity index (χ4n) is 1.83. The number of nitrogens with one attached hydrogen (secondary N) is 2. The van der Waals surface area contributed by atoms with Crippen LogP contribution in [0.1, 0.15) is 6.92 Å². The minimum Gasteiger partial charge on any atom is -0.489 e. The van der Waals surface area contributed by atoms with Gasteiger partial charge in [-0.3, -0.25) is 4.79 Å². The van der Waals surface area contributed by atoms with Crippen LogP contribution in [0.5, 0.6) is 5.75 Å². The molecule has 0 aromatic heterocycles. The quantitative estimate of drug-likeness (QED) is 0.725. The zero-order valence-corrected chi connectivity index (χ0v) is 14.0. The molecule has 0 unspecified atom stereocenters. The Balaban J connectivity index is 1.83. The Hall–Kier alpha value is -2.53. The van der Waals surface area contributed by atoms with Gasteiger partial charge < -0.3 is 15.4 Å². The molecule has 0 fully saturated rings. The number of amides is 1. The average Bonchev–Trinajstić information content (AvgIpc) is 2.55. The maximum atomic E-state index is 13.1. The third-order valence-corrected chi connectivity index (χ3v) is 3.29. The van der Waals surface area contributed by atoms with Gasteiger partial charge in [-0.25, -0.2) is 4.39 Å². The van der Waals surface area contributed by atoms with Crippen molar-refractivity contribution in [2.45, 2.75) is 6.92 Å². The molecular weight excluding hydrogens is 331 g/mol. The minimum atomic E-state index is -0.499. The van der Waals surface area contributed by atoms with E-state index in [4.69, 9.17) is 16.3 Å². The fraction of sp³-hybridized carbons (Fsp3) is 0.167. The van der Waals surface area contributed by atoms with Crippen LogP contribution in [0, 0.1) is 5.82 Å². The number of hydrogen-bond donors (Lipinski definition) is 2. The van der Waals surface area contributed by atoms with Crippen LogP contribution < -0.4 is 15.4 Å². The molecule has 0 bridgehead atoms. The lowest BCUT2D eigenvalue weighted by Crippen LogP contribution is -2.21. The van der Waals surface area contributed by atoms with Crippen molar-refractivity contribution in [2.24, 2.45) is 0 Å². The third kappa shape index (κ3) is 5.59. The van der Waals surface area contributed by atoms with Crippen LogP contribution in [0.25, 0.3) is 0 Å². The highest BCUT2D eigenvalue weighted by atomic mass is 35.5.